The van der Waals surface area contributed by atoms with Gasteiger partial charge in [-0.2, -0.15) is 0 Å². The molecule has 1 rings (SSSR count). The molecule has 5 nitrogen and oxygen atoms in total. The molecule has 1 fully saturated rings. The average molecular weight is 255 g/mol. The molecule has 1 saturated carbocycles. The summed E-state index contributed by atoms with van der Waals surface area (Å²) in [5.74, 6) is -0.221. The van der Waals surface area contributed by atoms with E-state index in [4.69, 9.17) is 11.5 Å². The van der Waals surface area contributed by atoms with Crippen LogP contribution in [0.3, 0.4) is 0 Å². The number of amides is 2. The molecule has 0 spiro atoms. The van der Waals surface area contributed by atoms with Gasteiger partial charge < -0.3 is 16.8 Å². The minimum atomic E-state index is -0.580. The largest absolute Gasteiger partial charge is 0.368 e. The first-order valence-electron chi connectivity index (χ1n) is 6.68. The Morgan fingerprint density at radius 2 is 1.89 bits per heavy atom. The van der Waals surface area contributed by atoms with Crippen LogP contribution in [-0.4, -0.2) is 23.9 Å². The molecule has 0 aliphatic heterocycles. The molecule has 0 radical (unpaired) electrons. The Kier molecular flexibility index (Phi) is 5.14. The third-order valence-electron chi connectivity index (χ3n) is 3.88. The molecular weight excluding hydrogens is 230 g/mol. The van der Waals surface area contributed by atoms with Crippen molar-refractivity contribution in [3.63, 3.8) is 0 Å². The third kappa shape index (κ3) is 3.70. The summed E-state index contributed by atoms with van der Waals surface area (Å²) in [6.07, 6.45) is 2.44. The van der Waals surface area contributed by atoms with Gasteiger partial charge in [0.1, 0.15) is 6.04 Å². The smallest absolute Gasteiger partial charge is 0.240 e. The summed E-state index contributed by atoms with van der Waals surface area (Å²) in [5, 5.41) is 2.77. The number of nitrogens with two attached hydrogens (primary N) is 2. The summed E-state index contributed by atoms with van der Waals surface area (Å²) in [4.78, 5) is 23.4. The number of hydrogen-bond donors (Lipinski definition) is 3. The van der Waals surface area contributed by atoms with E-state index in [1.165, 1.54) is 0 Å². The lowest BCUT2D eigenvalue weighted by Gasteiger charge is -2.32. The van der Waals surface area contributed by atoms with Gasteiger partial charge in [0, 0.05) is 12.0 Å². The van der Waals surface area contributed by atoms with E-state index in [0.717, 1.165) is 19.3 Å². The highest BCUT2D eigenvalue weighted by molar-refractivity contribution is 5.87. The van der Waals surface area contributed by atoms with Gasteiger partial charge in [-0.25, -0.2) is 0 Å². The number of hydrogen-bond acceptors (Lipinski definition) is 3. The van der Waals surface area contributed by atoms with Crippen LogP contribution >= 0.6 is 0 Å². The standard InChI is InChI=1S/C13H25N3O2/c1-7(2)11(12(15)17)16-13(18)9-4-5-10(14)8(3)6-9/h7-11H,4-6,14H2,1-3H3,(H2,15,17)(H,16,18). The van der Waals surface area contributed by atoms with E-state index >= 15 is 0 Å². The Morgan fingerprint density at radius 3 is 2.33 bits per heavy atom. The molecule has 5 heteroatoms. The van der Waals surface area contributed by atoms with Crippen LogP contribution in [0, 0.1) is 17.8 Å². The van der Waals surface area contributed by atoms with Crippen molar-refractivity contribution in [1.82, 2.24) is 5.32 Å². The molecule has 4 atom stereocenters. The van der Waals surface area contributed by atoms with Crippen LogP contribution in [-0.2, 0) is 9.59 Å². The fourth-order valence-corrected chi connectivity index (χ4v) is 2.50. The van der Waals surface area contributed by atoms with E-state index in [1.54, 1.807) is 0 Å². The molecule has 18 heavy (non-hydrogen) atoms. The highest BCUT2D eigenvalue weighted by Crippen LogP contribution is 2.28. The van der Waals surface area contributed by atoms with Crippen LogP contribution < -0.4 is 16.8 Å². The second-order valence-electron chi connectivity index (χ2n) is 5.78. The number of carbonyl (C=O) groups is 2. The van der Waals surface area contributed by atoms with Crippen molar-refractivity contribution in [2.24, 2.45) is 29.2 Å². The zero-order valence-electron chi connectivity index (χ0n) is 11.5. The predicted octanol–water partition coefficient (Wildman–Crippen LogP) is 0.376. The van der Waals surface area contributed by atoms with E-state index in [2.05, 4.69) is 12.2 Å². The van der Waals surface area contributed by atoms with E-state index in [1.807, 2.05) is 13.8 Å². The lowest BCUT2D eigenvalue weighted by molar-refractivity contribution is -0.131. The molecule has 104 valence electrons. The topological polar surface area (TPSA) is 98.2 Å². The minimum absolute atomic E-state index is 0.00900. The Balaban J connectivity index is 2.57. The fourth-order valence-electron chi connectivity index (χ4n) is 2.50. The monoisotopic (exact) mass is 255 g/mol. The van der Waals surface area contributed by atoms with Gasteiger partial charge in [0.25, 0.3) is 0 Å². The quantitative estimate of drug-likeness (QED) is 0.677. The molecule has 0 aromatic rings. The fraction of sp³-hybridized carbons (Fsp3) is 0.846. The molecular formula is C13H25N3O2. The van der Waals surface area contributed by atoms with Gasteiger partial charge in [0.15, 0.2) is 0 Å². The molecule has 2 amide bonds. The first kappa shape index (κ1) is 15.0. The Hall–Kier alpha value is -1.10. The lowest BCUT2D eigenvalue weighted by atomic mass is 9.79. The second kappa shape index (κ2) is 6.18. The first-order chi connectivity index (χ1) is 8.32. The summed E-state index contributed by atoms with van der Waals surface area (Å²) in [6, 6.07) is -0.394. The summed E-state index contributed by atoms with van der Waals surface area (Å²) in [5.41, 5.74) is 11.2. The average Bonchev–Trinajstić information content (AvgIpc) is 2.28. The molecule has 0 saturated heterocycles. The highest BCUT2D eigenvalue weighted by atomic mass is 16.2. The second-order valence-corrected chi connectivity index (χ2v) is 5.78. The number of primary amides is 1. The Morgan fingerprint density at radius 1 is 1.28 bits per heavy atom. The van der Waals surface area contributed by atoms with Crippen molar-refractivity contribution in [2.45, 2.75) is 52.1 Å². The van der Waals surface area contributed by atoms with Crippen LogP contribution in [0.25, 0.3) is 0 Å². The number of rotatable bonds is 4. The van der Waals surface area contributed by atoms with Crippen molar-refractivity contribution < 1.29 is 9.59 Å². The van der Waals surface area contributed by atoms with Crippen molar-refractivity contribution in [3.8, 4) is 0 Å². The van der Waals surface area contributed by atoms with Gasteiger partial charge in [-0.3, -0.25) is 9.59 Å². The molecule has 1 aliphatic carbocycles. The van der Waals surface area contributed by atoms with Crippen LogP contribution in [0.15, 0.2) is 0 Å². The summed E-state index contributed by atoms with van der Waals surface area (Å²) < 4.78 is 0. The van der Waals surface area contributed by atoms with Gasteiger partial charge in [0.2, 0.25) is 11.8 Å². The maximum absolute atomic E-state index is 12.1. The molecule has 1 aliphatic rings. The first-order valence-corrected chi connectivity index (χ1v) is 6.68. The third-order valence-corrected chi connectivity index (χ3v) is 3.88. The summed E-state index contributed by atoms with van der Waals surface area (Å²) in [7, 11) is 0. The van der Waals surface area contributed by atoms with E-state index in [9.17, 15) is 9.59 Å². The SMILES string of the molecule is CC(C)C(NC(=O)C1CCC(N)C(C)C1)C(N)=O. The zero-order chi connectivity index (χ0) is 13.9. The Labute approximate surface area is 109 Å². The minimum Gasteiger partial charge on any atom is -0.368 e. The van der Waals surface area contributed by atoms with Crippen LogP contribution in [0.5, 0.6) is 0 Å². The van der Waals surface area contributed by atoms with Crippen molar-refractivity contribution >= 4 is 11.8 Å². The van der Waals surface area contributed by atoms with Crippen molar-refractivity contribution in [3.05, 3.63) is 0 Å². The lowest BCUT2D eigenvalue weighted by Crippen LogP contribution is -2.50. The van der Waals surface area contributed by atoms with Crippen molar-refractivity contribution in [2.75, 3.05) is 0 Å². The maximum Gasteiger partial charge on any atom is 0.240 e. The molecule has 0 heterocycles. The van der Waals surface area contributed by atoms with E-state index in [-0.39, 0.29) is 23.8 Å². The van der Waals surface area contributed by atoms with Gasteiger partial charge in [-0.1, -0.05) is 20.8 Å². The predicted molar refractivity (Wildman–Crippen MR) is 70.4 cm³/mol. The zero-order valence-corrected chi connectivity index (χ0v) is 11.5. The number of carbonyl (C=O) groups excluding carboxylic acids is 2. The van der Waals surface area contributed by atoms with E-state index in [0.29, 0.717) is 5.92 Å². The summed E-state index contributed by atoms with van der Waals surface area (Å²) in [6.45, 7) is 5.81. The van der Waals surface area contributed by atoms with Crippen LogP contribution in [0.2, 0.25) is 0 Å². The maximum atomic E-state index is 12.1. The Bertz CT molecular complexity index is 317. The van der Waals surface area contributed by atoms with Crippen LogP contribution in [0.1, 0.15) is 40.0 Å². The molecule has 0 aromatic carbocycles. The van der Waals surface area contributed by atoms with Gasteiger partial charge in [0.05, 0.1) is 0 Å². The van der Waals surface area contributed by atoms with Gasteiger partial charge in [-0.15, -0.1) is 0 Å². The van der Waals surface area contributed by atoms with Gasteiger partial charge >= 0.3 is 0 Å². The normalized spacial score (nSPS) is 29.9. The highest BCUT2D eigenvalue weighted by Gasteiger charge is 2.31. The van der Waals surface area contributed by atoms with Crippen molar-refractivity contribution in [1.29, 1.82) is 0 Å². The number of nitrogens with one attached hydrogen (secondary N) is 1. The van der Waals surface area contributed by atoms with E-state index < -0.39 is 11.9 Å². The summed E-state index contributed by atoms with van der Waals surface area (Å²) >= 11 is 0. The van der Waals surface area contributed by atoms with Crippen LogP contribution in [0.4, 0.5) is 0 Å². The molecule has 0 aromatic heterocycles. The van der Waals surface area contributed by atoms with Gasteiger partial charge in [-0.05, 0) is 31.1 Å². The molecule has 4 unspecified atom stereocenters. The molecule has 5 N–H and O–H groups in total. The molecule has 0 bridgehead atoms.